The number of aromatic nitrogens is 2. The van der Waals surface area contributed by atoms with Gasteiger partial charge in [-0.05, 0) is 76.2 Å². The van der Waals surface area contributed by atoms with Gasteiger partial charge >= 0.3 is 0 Å². The molecule has 1 amide bonds. The van der Waals surface area contributed by atoms with Gasteiger partial charge in [-0.25, -0.2) is 9.97 Å². The fourth-order valence-electron chi connectivity index (χ4n) is 3.48. The summed E-state index contributed by atoms with van der Waals surface area (Å²) in [6, 6.07) is 9.40. The number of piperidine rings is 1. The molecule has 1 aromatic carbocycles. The standard InChI is InChI=1S/C22H29N7O2S/c1-4-31-18-7-5-17(6-8-18)26-22(32)28-21(27-20-24-14(2)13-15(3)25-20)29-11-9-16(10-12-29)19(23)30/h5-8,13,16H,4,9-12H2,1-3H3,(H2,23,30)(H2,24,25,26,27,28,32). The number of aliphatic imine (C=N–C) groups is 1. The summed E-state index contributed by atoms with van der Waals surface area (Å²) in [6.45, 7) is 7.61. The predicted octanol–water partition coefficient (Wildman–Crippen LogP) is 2.85. The van der Waals surface area contributed by atoms with Crippen LogP contribution in [-0.4, -0.2) is 51.5 Å². The van der Waals surface area contributed by atoms with Gasteiger partial charge in [-0.15, -0.1) is 0 Å². The third-order valence-electron chi connectivity index (χ3n) is 5.03. The molecule has 1 saturated heterocycles. The number of rotatable bonds is 5. The van der Waals surface area contributed by atoms with Crippen molar-refractivity contribution in [3.63, 3.8) is 0 Å². The Morgan fingerprint density at radius 3 is 2.38 bits per heavy atom. The average molecular weight is 456 g/mol. The van der Waals surface area contributed by atoms with Crippen LogP contribution < -0.4 is 21.1 Å². The lowest BCUT2D eigenvalue weighted by molar-refractivity contribution is -0.122. The molecule has 170 valence electrons. The second kappa shape index (κ2) is 10.9. The largest absolute Gasteiger partial charge is 0.494 e. The first-order valence-electron chi connectivity index (χ1n) is 10.6. The van der Waals surface area contributed by atoms with Crippen molar-refractivity contribution in [1.29, 1.82) is 0 Å². The number of thiocarbonyl (C=S) groups is 1. The van der Waals surface area contributed by atoms with Crippen LogP contribution in [0.25, 0.3) is 0 Å². The minimum atomic E-state index is -0.263. The number of carbonyl (C=O) groups is 1. The Kier molecular flexibility index (Phi) is 7.93. The topological polar surface area (TPSA) is 118 Å². The monoisotopic (exact) mass is 455 g/mol. The molecule has 3 rings (SSSR count). The van der Waals surface area contributed by atoms with Crippen LogP contribution in [0, 0.1) is 19.8 Å². The van der Waals surface area contributed by atoms with Crippen molar-refractivity contribution >= 4 is 40.8 Å². The van der Waals surface area contributed by atoms with Gasteiger partial charge in [0, 0.05) is 36.1 Å². The van der Waals surface area contributed by atoms with Gasteiger partial charge in [0.2, 0.25) is 22.9 Å². The van der Waals surface area contributed by atoms with E-state index in [4.69, 9.17) is 22.7 Å². The van der Waals surface area contributed by atoms with Crippen LogP contribution in [0.3, 0.4) is 0 Å². The van der Waals surface area contributed by atoms with Crippen molar-refractivity contribution in [3.05, 3.63) is 41.7 Å². The minimum absolute atomic E-state index is 0.126. The van der Waals surface area contributed by atoms with Crippen LogP contribution in [0.5, 0.6) is 5.75 Å². The number of nitrogens with one attached hydrogen (secondary N) is 2. The summed E-state index contributed by atoms with van der Waals surface area (Å²) in [5, 5.41) is 6.62. The molecule has 1 aliphatic rings. The summed E-state index contributed by atoms with van der Waals surface area (Å²) in [5.41, 5.74) is 7.98. The number of anilines is 2. The number of nitrogens with two attached hydrogens (primary N) is 1. The van der Waals surface area contributed by atoms with Crippen LogP contribution in [0.2, 0.25) is 0 Å². The number of likely N-dealkylation sites (tertiary alicyclic amines) is 1. The van der Waals surface area contributed by atoms with Crippen molar-refractivity contribution in [2.45, 2.75) is 33.6 Å². The van der Waals surface area contributed by atoms with Crippen molar-refractivity contribution in [2.24, 2.45) is 16.6 Å². The second-order valence-corrected chi connectivity index (χ2v) is 7.97. The van der Waals surface area contributed by atoms with Crippen LogP contribution in [0.15, 0.2) is 35.3 Å². The first kappa shape index (κ1) is 23.4. The number of hydrogen-bond acceptors (Lipinski definition) is 5. The molecule has 1 fully saturated rings. The van der Waals surface area contributed by atoms with Crippen molar-refractivity contribution in [1.82, 2.24) is 14.9 Å². The SMILES string of the molecule is CCOc1ccc(NC(=S)/N=C(/Nc2nc(C)cc(C)n2)N2CCC(C(N)=O)CC2)cc1. The first-order chi connectivity index (χ1) is 15.3. The summed E-state index contributed by atoms with van der Waals surface area (Å²) in [6.07, 6.45) is 1.31. The number of amides is 1. The van der Waals surface area contributed by atoms with Gasteiger partial charge in [0.15, 0.2) is 0 Å². The van der Waals surface area contributed by atoms with Crippen LogP contribution in [-0.2, 0) is 4.79 Å². The van der Waals surface area contributed by atoms with E-state index in [-0.39, 0.29) is 16.9 Å². The van der Waals surface area contributed by atoms with E-state index in [9.17, 15) is 4.79 Å². The van der Waals surface area contributed by atoms with Gasteiger partial charge in [0.05, 0.1) is 6.61 Å². The normalized spacial score (nSPS) is 14.7. The van der Waals surface area contributed by atoms with Crippen LogP contribution in [0.4, 0.5) is 11.6 Å². The molecule has 0 spiro atoms. The molecule has 0 aliphatic carbocycles. The van der Waals surface area contributed by atoms with E-state index >= 15 is 0 Å². The maximum absolute atomic E-state index is 11.5. The number of ether oxygens (including phenoxy) is 1. The number of nitrogens with zero attached hydrogens (tertiary/aromatic N) is 4. The third kappa shape index (κ3) is 6.61. The molecule has 2 heterocycles. The minimum Gasteiger partial charge on any atom is -0.494 e. The summed E-state index contributed by atoms with van der Waals surface area (Å²) in [4.78, 5) is 27.1. The van der Waals surface area contributed by atoms with E-state index in [1.54, 1.807) is 0 Å². The van der Waals surface area contributed by atoms with E-state index in [1.807, 2.05) is 56.0 Å². The fraction of sp³-hybridized carbons (Fsp3) is 0.409. The zero-order chi connectivity index (χ0) is 23.1. The smallest absolute Gasteiger partial charge is 0.229 e. The Hall–Kier alpha value is -3.27. The van der Waals surface area contributed by atoms with Gasteiger partial charge in [-0.1, -0.05) is 0 Å². The average Bonchev–Trinajstić information content (AvgIpc) is 2.74. The number of guanidine groups is 1. The van der Waals surface area contributed by atoms with Crippen molar-refractivity contribution in [2.75, 3.05) is 30.3 Å². The summed E-state index contributed by atoms with van der Waals surface area (Å²) in [5.74, 6) is 1.38. The van der Waals surface area contributed by atoms with E-state index < -0.39 is 0 Å². The number of aryl methyl sites for hydroxylation is 2. The Balaban J connectivity index is 1.77. The van der Waals surface area contributed by atoms with Crippen molar-refractivity contribution in [3.8, 4) is 5.75 Å². The Morgan fingerprint density at radius 2 is 1.81 bits per heavy atom. The molecule has 2 aromatic rings. The van der Waals surface area contributed by atoms with Gasteiger partial charge < -0.3 is 20.7 Å². The number of primary amides is 1. The summed E-state index contributed by atoms with van der Waals surface area (Å²) in [7, 11) is 0. The second-order valence-electron chi connectivity index (χ2n) is 7.59. The molecule has 1 aromatic heterocycles. The van der Waals surface area contributed by atoms with E-state index in [0.717, 1.165) is 22.8 Å². The lowest BCUT2D eigenvalue weighted by Crippen LogP contribution is -2.45. The molecule has 0 radical (unpaired) electrons. The van der Waals surface area contributed by atoms with E-state index in [2.05, 4.69) is 25.6 Å². The maximum atomic E-state index is 11.5. The van der Waals surface area contributed by atoms with Crippen LogP contribution in [0.1, 0.15) is 31.2 Å². The quantitative estimate of drug-likeness (QED) is 0.358. The highest BCUT2D eigenvalue weighted by Gasteiger charge is 2.25. The Labute approximate surface area is 193 Å². The Bertz CT molecular complexity index is 966. The third-order valence-corrected chi connectivity index (χ3v) is 5.22. The molecule has 32 heavy (non-hydrogen) atoms. The predicted molar refractivity (Wildman–Crippen MR) is 130 cm³/mol. The fourth-order valence-corrected chi connectivity index (χ4v) is 3.69. The zero-order valence-corrected chi connectivity index (χ0v) is 19.4. The molecule has 0 saturated carbocycles. The summed E-state index contributed by atoms with van der Waals surface area (Å²) < 4.78 is 5.47. The first-order valence-corrected chi connectivity index (χ1v) is 11.0. The molecule has 0 bridgehead atoms. The summed E-state index contributed by atoms with van der Waals surface area (Å²) >= 11 is 5.49. The maximum Gasteiger partial charge on any atom is 0.229 e. The molecular formula is C22H29N7O2S. The molecule has 4 N–H and O–H groups in total. The van der Waals surface area contributed by atoms with E-state index in [0.29, 0.717) is 44.4 Å². The zero-order valence-electron chi connectivity index (χ0n) is 18.6. The van der Waals surface area contributed by atoms with Gasteiger partial charge in [0.25, 0.3) is 0 Å². The number of hydrogen-bond donors (Lipinski definition) is 3. The van der Waals surface area contributed by atoms with Gasteiger partial charge in [-0.2, -0.15) is 4.99 Å². The highest BCUT2D eigenvalue weighted by Crippen LogP contribution is 2.19. The molecule has 1 aliphatic heterocycles. The molecule has 0 unspecified atom stereocenters. The molecule has 0 atom stereocenters. The number of carbonyl (C=O) groups excluding carboxylic acids is 1. The lowest BCUT2D eigenvalue weighted by Gasteiger charge is -2.32. The molecule has 9 nitrogen and oxygen atoms in total. The van der Waals surface area contributed by atoms with Crippen molar-refractivity contribution < 1.29 is 9.53 Å². The highest BCUT2D eigenvalue weighted by molar-refractivity contribution is 7.80. The van der Waals surface area contributed by atoms with E-state index in [1.165, 1.54) is 0 Å². The lowest BCUT2D eigenvalue weighted by atomic mass is 9.96. The van der Waals surface area contributed by atoms with Gasteiger partial charge in [0.1, 0.15) is 5.75 Å². The molecule has 10 heteroatoms. The van der Waals surface area contributed by atoms with Gasteiger partial charge in [-0.3, -0.25) is 10.1 Å². The number of benzene rings is 1. The highest BCUT2D eigenvalue weighted by atomic mass is 32.1. The Morgan fingerprint density at radius 1 is 1.19 bits per heavy atom. The molecular weight excluding hydrogens is 426 g/mol. The van der Waals surface area contributed by atoms with Crippen LogP contribution >= 0.6 is 12.2 Å².